The number of ether oxygens (including phenoxy) is 1. The Morgan fingerprint density at radius 1 is 0.933 bits per heavy atom. The van der Waals surface area contributed by atoms with Crippen LogP contribution >= 0.6 is 12.4 Å². The molecule has 0 atom stereocenters. The minimum Gasteiger partial charge on any atom is -0.497 e. The molecule has 0 aliphatic heterocycles. The number of hydrogen-bond acceptors (Lipinski definition) is 11. The molecule has 0 spiro atoms. The third-order valence-electron chi connectivity index (χ3n) is 3.62. The maximum Gasteiger partial charge on any atom is 0.230 e. The van der Waals surface area contributed by atoms with Gasteiger partial charge in [-0.2, -0.15) is 0 Å². The molecule has 11 N–H and O–H groups in total. The lowest BCUT2D eigenvalue weighted by Gasteiger charge is -2.08. The number of nitrogens with zero attached hydrogens (tertiary/aromatic N) is 4. The second kappa shape index (κ2) is 11.1. The summed E-state index contributed by atoms with van der Waals surface area (Å²) in [5.74, 6) is 1.25. The van der Waals surface area contributed by atoms with Crippen LogP contribution in [0.25, 0.3) is 0 Å². The molecule has 30 heavy (non-hydrogen) atoms. The van der Waals surface area contributed by atoms with E-state index in [9.17, 15) is 4.79 Å². The van der Waals surface area contributed by atoms with Gasteiger partial charge in [0.2, 0.25) is 5.91 Å². The lowest BCUT2D eigenvalue weighted by atomic mass is 10.1. The first-order chi connectivity index (χ1) is 13.8. The zero-order valence-corrected chi connectivity index (χ0v) is 16.9. The van der Waals surface area contributed by atoms with Crippen molar-refractivity contribution in [3.05, 3.63) is 42.5 Å². The Morgan fingerprint density at radius 2 is 1.50 bits per heavy atom. The fourth-order valence-electron chi connectivity index (χ4n) is 2.08. The first-order valence-electron chi connectivity index (χ1n) is 8.22. The Balaban J connectivity index is 0.000000379. The van der Waals surface area contributed by atoms with Crippen LogP contribution in [0, 0.1) is 0 Å². The minimum atomic E-state index is -0.247. The molecule has 0 aliphatic carbocycles. The SMILES string of the molecule is COc1cccc(CC(=O)Nc2ncnc(N)c2N)c1.Cl.Nc1ncnc(N)c1N. The Kier molecular flexibility index (Phi) is 8.84. The third kappa shape index (κ3) is 6.53. The average Bonchev–Trinajstić information content (AvgIpc) is 2.70. The van der Waals surface area contributed by atoms with E-state index in [4.69, 9.17) is 33.4 Å². The van der Waals surface area contributed by atoms with Crippen molar-refractivity contribution in [2.75, 3.05) is 41.1 Å². The number of amides is 1. The third-order valence-corrected chi connectivity index (χ3v) is 3.62. The molecule has 3 rings (SSSR count). The number of carbonyl (C=O) groups excluding carboxylic acids is 1. The number of halogens is 1. The van der Waals surface area contributed by atoms with Crippen LogP contribution in [-0.2, 0) is 11.2 Å². The van der Waals surface area contributed by atoms with E-state index in [0.29, 0.717) is 5.75 Å². The summed E-state index contributed by atoms with van der Waals surface area (Å²) in [7, 11) is 1.57. The van der Waals surface area contributed by atoms with Gasteiger partial charge in [-0.05, 0) is 17.7 Å². The molecule has 0 aliphatic rings. The normalized spacial score (nSPS) is 9.50. The van der Waals surface area contributed by atoms with Gasteiger partial charge < -0.3 is 38.7 Å². The van der Waals surface area contributed by atoms with Crippen LogP contribution in [0.15, 0.2) is 36.9 Å². The van der Waals surface area contributed by atoms with Gasteiger partial charge in [0.1, 0.15) is 29.8 Å². The van der Waals surface area contributed by atoms with Crippen molar-refractivity contribution in [2.45, 2.75) is 6.42 Å². The summed E-state index contributed by atoms with van der Waals surface area (Å²) in [5.41, 5.74) is 28.3. The van der Waals surface area contributed by atoms with E-state index in [0.717, 1.165) is 5.56 Å². The second-order valence-corrected chi connectivity index (χ2v) is 5.66. The summed E-state index contributed by atoms with van der Waals surface area (Å²) < 4.78 is 5.10. The second-order valence-electron chi connectivity index (χ2n) is 5.66. The number of benzene rings is 1. The van der Waals surface area contributed by atoms with Crippen LogP contribution in [0.1, 0.15) is 5.56 Å². The standard InChI is InChI=1S/C13H15N5O2.C4H7N5.ClH/c1-20-9-4-2-3-8(5-9)6-10(19)18-13-11(14)12(15)16-7-17-13;5-2-3(6)8-1-9-4(2)7;/h2-5,7H,6,14H2,1H3,(H3,15,16,17,18,19);1H,5H2,(H4,6,7,8,9);1H. The van der Waals surface area contributed by atoms with Gasteiger partial charge in [0.25, 0.3) is 0 Å². The molecule has 0 saturated carbocycles. The van der Waals surface area contributed by atoms with E-state index >= 15 is 0 Å². The zero-order valence-electron chi connectivity index (χ0n) is 16.1. The van der Waals surface area contributed by atoms with Crippen molar-refractivity contribution >= 4 is 53.0 Å². The molecule has 160 valence electrons. The van der Waals surface area contributed by atoms with Crippen molar-refractivity contribution in [2.24, 2.45) is 0 Å². The summed E-state index contributed by atoms with van der Waals surface area (Å²) in [6, 6.07) is 7.25. The molecule has 0 bridgehead atoms. The summed E-state index contributed by atoms with van der Waals surface area (Å²) in [6.07, 6.45) is 2.69. The molecule has 0 fully saturated rings. The number of methoxy groups -OCH3 is 1. The summed E-state index contributed by atoms with van der Waals surface area (Å²) >= 11 is 0. The molecule has 12 nitrogen and oxygen atoms in total. The van der Waals surface area contributed by atoms with Crippen molar-refractivity contribution < 1.29 is 9.53 Å². The number of nitrogen functional groups attached to an aromatic ring is 5. The predicted molar refractivity (Wildman–Crippen MR) is 119 cm³/mol. The lowest BCUT2D eigenvalue weighted by Crippen LogP contribution is -2.17. The fourth-order valence-corrected chi connectivity index (χ4v) is 2.08. The first kappa shape index (κ1) is 24.0. The molecular formula is C17H23ClN10O2. The summed E-state index contributed by atoms with van der Waals surface area (Å²) in [5, 5.41) is 2.60. The largest absolute Gasteiger partial charge is 0.497 e. The fraction of sp³-hybridized carbons (Fsp3) is 0.118. The highest BCUT2D eigenvalue weighted by molar-refractivity contribution is 5.95. The monoisotopic (exact) mass is 434 g/mol. The number of aromatic nitrogens is 4. The Bertz CT molecular complexity index is 982. The number of rotatable bonds is 4. The van der Waals surface area contributed by atoms with Crippen molar-refractivity contribution in [3.63, 3.8) is 0 Å². The molecular weight excluding hydrogens is 412 g/mol. The minimum absolute atomic E-state index is 0. The Hall–Kier alpha value is -4.06. The molecule has 3 aromatic rings. The number of hydrogen-bond donors (Lipinski definition) is 6. The maximum atomic E-state index is 11.9. The Morgan fingerprint density at radius 3 is 2.07 bits per heavy atom. The molecule has 13 heteroatoms. The Labute approximate surface area is 178 Å². The molecule has 0 radical (unpaired) electrons. The van der Waals surface area contributed by atoms with Crippen molar-refractivity contribution in [1.29, 1.82) is 0 Å². The van der Waals surface area contributed by atoms with Crippen LogP contribution in [0.5, 0.6) is 5.75 Å². The summed E-state index contributed by atoms with van der Waals surface area (Å²) in [6.45, 7) is 0. The van der Waals surface area contributed by atoms with E-state index in [1.807, 2.05) is 18.2 Å². The number of carbonyl (C=O) groups is 1. The van der Waals surface area contributed by atoms with Crippen LogP contribution in [0.2, 0.25) is 0 Å². The smallest absolute Gasteiger partial charge is 0.230 e. The molecule has 2 aromatic heterocycles. The van der Waals surface area contributed by atoms with Crippen LogP contribution in [0.3, 0.4) is 0 Å². The lowest BCUT2D eigenvalue weighted by molar-refractivity contribution is -0.115. The summed E-state index contributed by atoms with van der Waals surface area (Å²) in [4.78, 5) is 26.7. The predicted octanol–water partition coefficient (Wildman–Crippen LogP) is 0.476. The van der Waals surface area contributed by atoms with Gasteiger partial charge in [-0.15, -0.1) is 12.4 Å². The highest BCUT2D eigenvalue weighted by atomic mass is 35.5. The molecule has 0 unspecified atom stereocenters. The van der Waals surface area contributed by atoms with Crippen LogP contribution < -0.4 is 38.7 Å². The molecule has 1 aromatic carbocycles. The van der Waals surface area contributed by atoms with Gasteiger partial charge in [0.15, 0.2) is 23.3 Å². The molecule has 2 heterocycles. The number of nitrogens with two attached hydrogens (primary N) is 5. The van der Waals surface area contributed by atoms with Gasteiger partial charge in [0, 0.05) is 0 Å². The van der Waals surface area contributed by atoms with E-state index < -0.39 is 0 Å². The average molecular weight is 435 g/mol. The van der Waals surface area contributed by atoms with Gasteiger partial charge in [-0.1, -0.05) is 12.1 Å². The highest BCUT2D eigenvalue weighted by Gasteiger charge is 2.10. The van der Waals surface area contributed by atoms with E-state index in [1.54, 1.807) is 13.2 Å². The highest BCUT2D eigenvalue weighted by Crippen LogP contribution is 2.20. The zero-order chi connectivity index (χ0) is 21.4. The van der Waals surface area contributed by atoms with Gasteiger partial charge in [0.05, 0.1) is 13.5 Å². The van der Waals surface area contributed by atoms with E-state index in [2.05, 4.69) is 25.3 Å². The van der Waals surface area contributed by atoms with Crippen LogP contribution in [-0.4, -0.2) is 33.0 Å². The quantitative estimate of drug-likeness (QED) is 0.331. The maximum absolute atomic E-state index is 11.9. The number of anilines is 6. The van der Waals surface area contributed by atoms with E-state index in [1.165, 1.54) is 12.7 Å². The van der Waals surface area contributed by atoms with Gasteiger partial charge >= 0.3 is 0 Å². The van der Waals surface area contributed by atoms with E-state index in [-0.39, 0.29) is 59.4 Å². The molecule has 0 saturated heterocycles. The van der Waals surface area contributed by atoms with Crippen LogP contribution in [0.4, 0.5) is 34.6 Å². The number of nitrogens with one attached hydrogen (secondary N) is 1. The van der Waals surface area contributed by atoms with Gasteiger partial charge in [-0.3, -0.25) is 4.79 Å². The van der Waals surface area contributed by atoms with Crippen molar-refractivity contribution in [3.8, 4) is 5.75 Å². The topological polar surface area (TPSA) is 220 Å². The molecule has 1 amide bonds. The van der Waals surface area contributed by atoms with Crippen molar-refractivity contribution in [1.82, 2.24) is 19.9 Å². The first-order valence-corrected chi connectivity index (χ1v) is 8.22. The van der Waals surface area contributed by atoms with Gasteiger partial charge in [-0.25, -0.2) is 19.9 Å².